The van der Waals surface area contributed by atoms with Crippen molar-refractivity contribution in [2.24, 2.45) is 5.41 Å². The van der Waals surface area contributed by atoms with Crippen LogP contribution in [0.25, 0.3) is 0 Å². The number of alkyl halides is 3. The average Bonchev–Trinajstić information content (AvgIpc) is 2.54. The first kappa shape index (κ1) is 21.7. The normalized spacial score (nSPS) is 13.1. The molecule has 0 saturated carbocycles. The summed E-state index contributed by atoms with van der Waals surface area (Å²) in [6.07, 6.45) is -2.54. The van der Waals surface area contributed by atoms with Gasteiger partial charge in [-0.1, -0.05) is 57.5 Å². The quantitative estimate of drug-likeness (QED) is 0.433. The van der Waals surface area contributed by atoms with E-state index in [1.807, 2.05) is 38.1 Å². The van der Waals surface area contributed by atoms with Crippen LogP contribution in [0.3, 0.4) is 0 Å². The van der Waals surface area contributed by atoms with Crippen LogP contribution in [0.1, 0.15) is 57.2 Å². The fourth-order valence-corrected chi connectivity index (χ4v) is 3.36. The zero-order valence-corrected chi connectivity index (χ0v) is 16.8. The molecule has 0 nitrogen and oxygen atoms in total. The minimum Gasteiger partial charge on any atom is -0.206 e. The van der Waals surface area contributed by atoms with Crippen molar-refractivity contribution in [1.29, 1.82) is 0 Å². The molecule has 27 heavy (non-hydrogen) atoms. The number of benzene rings is 2. The second-order valence-electron chi connectivity index (χ2n) is 8.54. The van der Waals surface area contributed by atoms with Gasteiger partial charge < -0.3 is 0 Å². The monoisotopic (exact) mass is 400 g/mol. The Balaban J connectivity index is 2.09. The zero-order valence-electron chi connectivity index (χ0n) is 16.1. The van der Waals surface area contributed by atoms with Crippen LogP contribution in [0.4, 0.5) is 17.6 Å². The first-order valence-electron chi connectivity index (χ1n) is 8.92. The standard InChI is InChI=1S/C22H25ClF4/c1-20(2,11-12-21(3,4)16-6-8-17(23)9-7-16)14-15-5-10-19(24)18(13-15)22(25,26)27/h5-10,13H,11-12,14H2,1-4H3. The minimum atomic E-state index is -4.68. The van der Waals surface area contributed by atoms with E-state index in [4.69, 9.17) is 11.6 Å². The van der Waals surface area contributed by atoms with E-state index in [0.29, 0.717) is 17.0 Å². The summed E-state index contributed by atoms with van der Waals surface area (Å²) in [5.74, 6) is -1.23. The first-order chi connectivity index (χ1) is 12.3. The summed E-state index contributed by atoms with van der Waals surface area (Å²) in [7, 11) is 0. The summed E-state index contributed by atoms with van der Waals surface area (Å²) in [6.45, 7) is 8.35. The third-order valence-electron chi connectivity index (χ3n) is 5.07. The van der Waals surface area contributed by atoms with Crippen LogP contribution in [0.5, 0.6) is 0 Å². The Kier molecular flexibility index (Phi) is 6.30. The smallest absolute Gasteiger partial charge is 0.206 e. The molecule has 0 atom stereocenters. The van der Waals surface area contributed by atoms with Gasteiger partial charge in [0.25, 0.3) is 0 Å². The van der Waals surface area contributed by atoms with Gasteiger partial charge in [-0.05, 0) is 65.5 Å². The van der Waals surface area contributed by atoms with Crippen molar-refractivity contribution in [2.75, 3.05) is 0 Å². The first-order valence-corrected chi connectivity index (χ1v) is 9.30. The summed E-state index contributed by atoms with van der Waals surface area (Å²) in [5.41, 5.74) is 0.172. The van der Waals surface area contributed by atoms with Crippen molar-refractivity contribution in [2.45, 2.75) is 58.5 Å². The van der Waals surface area contributed by atoms with Gasteiger partial charge in [0.15, 0.2) is 0 Å². The molecule has 148 valence electrons. The Labute approximate surface area is 163 Å². The molecule has 0 amide bonds. The summed E-state index contributed by atoms with van der Waals surface area (Å²) in [6, 6.07) is 11.0. The number of hydrogen-bond acceptors (Lipinski definition) is 0. The van der Waals surface area contributed by atoms with Crippen LogP contribution in [-0.4, -0.2) is 0 Å². The molecule has 0 aliphatic carbocycles. The highest BCUT2D eigenvalue weighted by Crippen LogP contribution is 2.37. The van der Waals surface area contributed by atoms with Crippen LogP contribution in [-0.2, 0) is 18.0 Å². The van der Waals surface area contributed by atoms with Crippen molar-refractivity contribution < 1.29 is 17.6 Å². The van der Waals surface area contributed by atoms with Gasteiger partial charge in [-0.3, -0.25) is 0 Å². The molecule has 0 fully saturated rings. The molecule has 0 unspecified atom stereocenters. The molecule has 0 spiro atoms. The third kappa shape index (κ3) is 5.97. The molecular weight excluding hydrogens is 376 g/mol. The number of halogens is 5. The highest BCUT2D eigenvalue weighted by atomic mass is 35.5. The van der Waals surface area contributed by atoms with Crippen LogP contribution >= 0.6 is 11.6 Å². The minimum absolute atomic E-state index is 0.0816. The van der Waals surface area contributed by atoms with Gasteiger partial charge in [-0.15, -0.1) is 0 Å². The van der Waals surface area contributed by atoms with E-state index >= 15 is 0 Å². The van der Waals surface area contributed by atoms with E-state index < -0.39 is 17.6 Å². The van der Waals surface area contributed by atoms with E-state index in [1.165, 1.54) is 11.6 Å². The van der Waals surface area contributed by atoms with Gasteiger partial charge in [-0.25, -0.2) is 4.39 Å². The van der Waals surface area contributed by atoms with E-state index in [0.717, 1.165) is 25.0 Å². The van der Waals surface area contributed by atoms with Crippen LogP contribution in [0.2, 0.25) is 5.02 Å². The Morgan fingerprint density at radius 2 is 1.44 bits per heavy atom. The maximum absolute atomic E-state index is 13.5. The van der Waals surface area contributed by atoms with Gasteiger partial charge >= 0.3 is 6.18 Å². The Bertz CT molecular complexity index is 774. The molecule has 0 heterocycles. The Morgan fingerprint density at radius 1 is 0.852 bits per heavy atom. The second-order valence-corrected chi connectivity index (χ2v) is 8.98. The number of rotatable bonds is 6. The molecule has 0 radical (unpaired) electrons. The molecule has 5 heteroatoms. The van der Waals surface area contributed by atoms with Gasteiger partial charge in [0.1, 0.15) is 5.82 Å². The van der Waals surface area contributed by atoms with Crippen molar-refractivity contribution in [3.05, 3.63) is 70.0 Å². The average molecular weight is 401 g/mol. The molecular formula is C22H25ClF4. The van der Waals surface area contributed by atoms with Gasteiger partial charge in [0, 0.05) is 5.02 Å². The van der Waals surface area contributed by atoms with E-state index in [2.05, 4.69) is 13.8 Å². The Hall–Kier alpha value is -1.55. The lowest BCUT2D eigenvalue weighted by Crippen LogP contribution is -2.23. The molecule has 2 rings (SSSR count). The van der Waals surface area contributed by atoms with Crippen LogP contribution < -0.4 is 0 Å². The van der Waals surface area contributed by atoms with Crippen molar-refractivity contribution >= 4 is 11.6 Å². The van der Waals surface area contributed by atoms with E-state index in [1.54, 1.807) is 0 Å². The summed E-state index contributed by atoms with van der Waals surface area (Å²) < 4.78 is 52.3. The lowest BCUT2D eigenvalue weighted by molar-refractivity contribution is -0.140. The summed E-state index contributed by atoms with van der Waals surface area (Å²) in [5, 5.41) is 0.687. The lowest BCUT2D eigenvalue weighted by Gasteiger charge is -2.32. The largest absolute Gasteiger partial charge is 0.419 e. The molecule has 0 bridgehead atoms. The molecule has 0 aliphatic heterocycles. The fraction of sp³-hybridized carbons (Fsp3) is 0.455. The highest BCUT2D eigenvalue weighted by Gasteiger charge is 2.34. The number of hydrogen-bond donors (Lipinski definition) is 0. The van der Waals surface area contributed by atoms with Gasteiger partial charge in [-0.2, -0.15) is 13.2 Å². The SMILES string of the molecule is CC(C)(CCC(C)(C)c1ccc(Cl)cc1)Cc1ccc(F)c(C(F)(F)F)c1. The van der Waals surface area contributed by atoms with Crippen molar-refractivity contribution in [3.8, 4) is 0 Å². The van der Waals surface area contributed by atoms with Crippen molar-refractivity contribution in [1.82, 2.24) is 0 Å². The highest BCUT2D eigenvalue weighted by molar-refractivity contribution is 6.30. The second kappa shape index (κ2) is 7.83. The summed E-state index contributed by atoms with van der Waals surface area (Å²) in [4.78, 5) is 0. The molecule has 0 N–H and O–H groups in total. The topological polar surface area (TPSA) is 0 Å². The lowest BCUT2D eigenvalue weighted by atomic mass is 9.73. The van der Waals surface area contributed by atoms with Crippen LogP contribution in [0.15, 0.2) is 42.5 Å². The summed E-state index contributed by atoms with van der Waals surface area (Å²) >= 11 is 5.95. The van der Waals surface area contributed by atoms with E-state index in [9.17, 15) is 17.6 Å². The molecule has 0 aromatic heterocycles. The van der Waals surface area contributed by atoms with Gasteiger partial charge in [0.2, 0.25) is 0 Å². The molecule has 0 saturated heterocycles. The fourth-order valence-electron chi connectivity index (χ4n) is 3.24. The van der Waals surface area contributed by atoms with Crippen molar-refractivity contribution in [3.63, 3.8) is 0 Å². The molecule has 2 aromatic carbocycles. The van der Waals surface area contributed by atoms with Gasteiger partial charge in [0.05, 0.1) is 5.56 Å². The Morgan fingerprint density at radius 3 is 2.00 bits per heavy atom. The zero-order chi connectivity index (χ0) is 20.5. The predicted molar refractivity (Wildman–Crippen MR) is 103 cm³/mol. The van der Waals surface area contributed by atoms with E-state index in [-0.39, 0.29) is 10.8 Å². The molecule has 2 aromatic rings. The third-order valence-corrected chi connectivity index (χ3v) is 5.32. The molecule has 0 aliphatic rings. The predicted octanol–water partition coefficient (Wildman–Crippen LogP) is 7.82. The van der Waals surface area contributed by atoms with Crippen LogP contribution in [0, 0.1) is 11.2 Å². The maximum atomic E-state index is 13.5. The maximum Gasteiger partial charge on any atom is 0.419 e.